The Kier molecular flexibility index (Phi) is 7.08. The van der Waals surface area contributed by atoms with Crippen LogP contribution in [-0.2, 0) is 10.0 Å². The first kappa shape index (κ1) is 14.8. The summed E-state index contributed by atoms with van der Waals surface area (Å²) in [5.74, 6) is 0. The monoisotopic (exact) mass is 238 g/mol. The summed E-state index contributed by atoms with van der Waals surface area (Å²) in [5.41, 5.74) is 0. The van der Waals surface area contributed by atoms with E-state index in [9.17, 15) is 8.42 Å². The summed E-state index contributed by atoms with van der Waals surface area (Å²) < 4.78 is 23.8. The van der Waals surface area contributed by atoms with E-state index >= 15 is 0 Å². The van der Waals surface area contributed by atoms with Gasteiger partial charge in [0.15, 0.2) is 0 Å². The lowest BCUT2D eigenvalue weighted by Crippen LogP contribution is -2.33. The molecule has 0 radical (unpaired) electrons. The minimum atomic E-state index is -3.06. The Balaban J connectivity index is 3.66. The fraction of sp³-hybridized carbons (Fsp3) is 1.00. The van der Waals surface area contributed by atoms with Crippen LogP contribution in [-0.4, -0.2) is 56.4 Å². The number of aliphatic hydroxyl groups is 1. The van der Waals surface area contributed by atoms with Gasteiger partial charge < -0.3 is 10.4 Å². The number of hydrogen-bond donors (Lipinski definition) is 2. The number of nitrogens with one attached hydrogen (secondary N) is 1. The molecular formula is C9H22N2O3S. The molecule has 0 aromatic carbocycles. The Bertz CT molecular complexity index is 252. The fourth-order valence-electron chi connectivity index (χ4n) is 1.25. The summed E-state index contributed by atoms with van der Waals surface area (Å²) in [5, 5.41) is 12.0. The Labute approximate surface area is 92.5 Å². The third-order valence-corrected chi connectivity index (χ3v) is 3.40. The van der Waals surface area contributed by atoms with Crippen LogP contribution in [0.1, 0.15) is 20.3 Å². The maximum absolute atomic E-state index is 11.2. The van der Waals surface area contributed by atoms with Crippen LogP contribution in [0.4, 0.5) is 0 Å². The lowest BCUT2D eigenvalue weighted by atomic mass is 10.3. The summed E-state index contributed by atoms with van der Waals surface area (Å²) in [6.45, 7) is 5.84. The molecule has 0 aliphatic carbocycles. The van der Waals surface area contributed by atoms with Crippen molar-refractivity contribution in [3.63, 3.8) is 0 Å². The van der Waals surface area contributed by atoms with Crippen LogP contribution in [0.2, 0.25) is 0 Å². The van der Waals surface area contributed by atoms with Gasteiger partial charge in [0.05, 0.1) is 12.4 Å². The van der Waals surface area contributed by atoms with Crippen molar-refractivity contribution < 1.29 is 13.5 Å². The van der Waals surface area contributed by atoms with Crippen LogP contribution in [0.25, 0.3) is 0 Å². The quantitative estimate of drug-likeness (QED) is 0.566. The second-order valence-electron chi connectivity index (χ2n) is 3.66. The number of aliphatic hydroxyl groups excluding tert-OH is 1. The molecule has 1 atom stereocenters. The van der Waals surface area contributed by atoms with E-state index in [4.69, 9.17) is 5.11 Å². The predicted octanol–water partition coefficient (Wildman–Crippen LogP) is -0.372. The fourth-order valence-corrected chi connectivity index (χ4v) is 2.18. The van der Waals surface area contributed by atoms with E-state index in [1.54, 1.807) is 6.92 Å². The zero-order valence-electron chi connectivity index (χ0n) is 9.73. The molecule has 0 aliphatic heterocycles. The van der Waals surface area contributed by atoms with Crippen LogP contribution >= 0.6 is 0 Å². The average molecular weight is 238 g/mol. The molecular weight excluding hydrogens is 216 g/mol. The van der Waals surface area contributed by atoms with Gasteiger partial charge in [-0.25, -0.2) is 12.7 Å². The molecule has 0 spiro atoms. The van der Waals surface area contributed by atoms with Gasteiger partial charge in [-0.1, -0.05) is 6.92 Å². The third kappa shape index (κ3) is 7.72. The standard InChI is InChI=1S/C9H22N2O3S/c1-4-11(15(3,13)14)7-5-6-10-8-9(2)12/h9-10,12H,4-8H2,1-3H3. The van der Waals surface area contributed by atoms with Crippen molar-refractivity contribution in [1.29, 1.82) is 0 Å². The molecule has 0 amide bonds. The first-order valence-electron chi connectivity index (χ1n) is 5.21. The number of nitrogens with zero attached hydrogens (tertiary/aromatic N) is 1. The van der Waals surface area contributed by atoms with E-state index in [2.05, 4.69) is 5.32 Å². The number of sulfonamides is 1. The molecule has 0 fully saturated rings. The summed E-state index contributed by atoms with van der Waals surface area (Å²) in [7, 11) is -3.06. The molecule has 6 heteroatoms. The molecule has 1 unspecified atom stereocenters. The largest absolute Gasteiger partial charge is 0.392 e. The molecule has 0 saturated heterocycles. The van der Waals surface area contributed by atoms with E-state index in [0.29, 0.717) is 19.6 Å². The predicted molar refractivity (Wildman–Crippen MR) is 61.3 cm³/mol. The minimum Gasteiger partial charge on any atom is -0.392 e. The molecule has 0 aromatic heterocycles. The molecule has 92 valence electrons. The topological polar surface area (TPSA) is 69.6 Å². The van der Waals surface area contributed by atoms with Crippen molar-refractivity contribution >= 4 is 10.0 Å². The van der Waals surface area contributed by atoms with Gasteiger partial charge in [-0.2, -0.15) is 0 Å². The second-order valence-corrected chi connectivity index (χ2v) is 5.64. The van der Waals surface area contributed by atoms with E-state index in [0.717, 1.165) is 13.0 Å². The molecule has 0 rings (SSSR count). The highest BCUT2D eigenvalue weighted by Crippen LogP contribution is 1.97. The Hall–Kier alpha value is -0.170. The lowest BCUT2D eigenvalue weighted by molar-refractivity contribution is 0.191. The highest BCUT2D eigenvalue weighted by molar-refractivity contribution is 7.88. The maximum Gasteiger partial charge on any atom is 0.211 e. The Morgan fingerprint density at radius 1 is 1.47 bits per heavy atom. The average Bonchev–Trinajstić information content (AvgIpc) is 2.08. The van der Waals surface area contributed by atoms with E-state index in [-0.39, 0.29) is 6.10 Å². The van der Waals surface area contributed by atoms with Crippen molar-refractivity contribution in [3.05, 3.63) is 0 Å². The zero-order valence-corrected chi connectivity index (χ0v) is 10.5. The molecule has 15 heavy (non-hydrogen) atoms. The first-order chi connectivity index (χ1) is 6.88. The van der Waals surface area contributed by atoms with Crippen LogP contribution in [0.5, 0.6) is 0 Å². The van der Waals surface area contributed by atoms with Crippen molar-refractivity contribution in [1.82, 2.24) is 9.62 Å². The van der Waals surface area contributed by atoms with Crippen LogP contribution < -0.4 is 5.32 Å². The van der Waals surface area contributed by atoms with Crippen molar-refractivity contribution in [2.24, 2.45) is 0 Å². The zero-order chi connectivity index (χ0) is 11.9. The van der Waals surface area contributed by atoms with E-state index in [1.807, 2.05) is 6.92 Å². The molecule has 0 aromatic rings. The van der Waals surface area contributed by atoms with Gasteiger partial charge in [0.25, 0.3) is 0 Å². The summed E-state index contributed by atoms with van der Waals surface area (Å²) in [6, 6.07) is 0. The van der Waals surface area contributed by atoms with Crippen molar-refractivity contribution in [2.75, 3.05) is 32.4 Å². The van der Waals surface area contributed by atoms with Crippen molar-refractivity contribution in [2.45, 2.75) is 26.4 Å². The Morgan fingerprint density at radius 3 is 2.47 bits per heavy atom. The van der Waals surface area contributed by atoms with Gasteiger partial charge in [-0.3, -0.25) is 0 Å². The van der Waals surface area contributed by atoms with Crippen LogP contribution in [0.15, 0.2) is 0 Å². The Morgan fingerprint density at radius 2 is 2.07 bits per heavy atom. The van der Waals surface area contributed by atoms with Gasteiger partial charge >= 0.3 is 0 Å². The highest BCUT2D eigenvalue weighted by atomic mass is 32.2. The first-order valence-corrected chi connectivity index (χ1v) is 7.06. The summed E-state index contributed by atoms with van der Waals surface area (Å²) in [6.07, 6.45) is 1.62. The molecule has 0 saturated carbocycles. The lowest BCUT2D eigenvalue weighted by Gasteiger charge is -2.17. The van der Waals surface area contributed by atoms with Gasteiger partial charge in [0.1, 0.15) is 0 Å². The summed E-state index contributed by atoms with van der Waals surface area (Å²) in [4.78, 5) is 0. The number of rotatable bonds is 8. The van der Waals surface area contributed by atoms with Gasteiger partial charge in [-0.05, 0) is 19.9 Å². The normalized spacial score (nSPS) is 14.5. The smallest absolute Gasteiger partial charge is 0.211 e. The highest BCUT2D eigenvalue weighted by Gasteiger charge is 2.12. The van der Waals surface area contributed by atoms with E-state index < -0.39 is 10.0 Å². The second kappa shape index (κ2) is 7.16. The number of hydrogen-bond acceptors (Lipinski definition) is 4. The van der Waals surface area contributed by atoms with Gasteiger partial charge in [-0.15, -0.1) is 0 Å². The van der Waals surface area contributed by atoms with Gasteiger partial charge in [0, 0.05) is 19.6 Å². The van der Waals surface area contributed by atoms with Gasteiger partial charge in [0.2, 0.25) is 10.0 Å². The molecule has 0 bridgehead atoms. The molecule has 2 N–H and O–H groups in total. The van der Waals surface area contributed by atoms with Crippen LogP contribution in [0, 0.1) is 0 Å². The third-order valence-electron chi connectivity index (χ3n) is 2.02. The van der Waals surface area contributed by atoms with E-state index in [1.165, 1.54) is 10.6 Å². The molecule has 0 aliphatic rings. The van der Waals surface area contributed by atoms with Crippen LogP contribution in [0.3, 0.4) is 0 Å². The van der Waals surface area contributed by atoms with Crippen molar-refractivity contribution in [3.8, 4) is 0 Å². The molecule has 5 nitrogen and oxygen atoms in total. The summed E-state index contributed by atoms with van der Waals surface area (Å²) >= 11 is 0. The SMILES string of the molecule is CCN(CCCNCC(C)O)S(C)(=O)=O. The maximum atomic E-state index is 11.2. The minimum absolute atomic E-state index is 0.359. The molecule has 0 heterocycles.